The summed E-state index contributed by atoms with van der Waals surface area (Å²) in [5, 5.41) is 2.69. The standard InChI is InChI=1S/C23H29.C13H19.C12H10.2ClH.Zr/c1-14-9-16-11-17-10-15(2)21(23(6,7)8)13-19(17)18(16)12-20(14)22(3,4)5;1-11-6-7-12(10-11)13(2)8-4-3-5-9-13;1-2-10-7-8-11-5-3-4-6-12(11)9-10;;;/h9-13H,1-8H3;7,10-11H,3-5,8-9H2,1-2H3;3-9H,1H3;2*1H;/q;;;;;+2/p-2. The molecule has 1 unspecified atom stereocenters. The summed E-state index contributed by atoms with van der Waals surface area (Å²) in [6.45, 7) is 26.7. The van der Waals surface area contributed by atoms with Crippen molar-refractivity contribution in [3.63, 3.8) is 0 Å². The Morgan fingerprint density at radius 2 is 1.24 bits per heavy atom. The zero-order valence-corrected chi connectivity index (χ0v) is 36.9. The fourth-order valence-corrected chi connectivity index (χ4v) is 18.7. The van der Waals surface area contributed by atoms with Crippen molar-refractivity contribution in [3.8, 4) is 11.1 Å². The first-order valence-corrected chi connectivity index (χ1v) is 22.9. The van der Waals surface area contributed by atoms with Gasteiger partial charge in [0.05, 0.1) is 0 Å². The van der Waals surface area contributed by atoms with Crippen molar-refractivity contribution in [1.82, 2.24) is 0 Å². The molecular weight excluding hydrogens is 739 g/mol. The van der Waals surface area contributed by atoms with Crippen LogP contribution in [0.15, 0.2) is 87.7 Å². The normalized spacial score (nSPS) is 18.6. The Bertz CT molecular complexity index is 2000. The second kappa shape index (κ2) is 14.6. The van der Waals surface area contributed by atoms with Crippen LogP contribution >= 0.6 is 0 Å². The average molecular weight is 797 g/mol. The second-order valence-corrected chi connectivity index (χ2v) is 24.9. The molecule has 51 heavy (non-hydrogen) atoms. The van der Waals surface area contributed by atoms with Gasteiger partial charge in [-0.05, 0) is 0 Å². The van der Waals surface area contributed by atoms with Gasteiger partial charge in [-0.2, -0.15) is 0 Å². The van der Waals surface area contributed by atoms with Crippen LogP contribution in [-0.4, -0.2) is 3.21 Å². The molecule has 0 nitrogen and oxygen atoms in total. The minimum Gasteiger partial charge on any atom is -1.00 e. The molecule has 0 N–H and O–H groups in total. The van der Waals surface area contributed by atoms with Crippen LogP contribution in [0.4, 0.5) is 0 Å². The van der Waals surface area contributed by atoms with Crippen molar-refractivity contribution in [2.45, 2.75) is 123 Å². The summed E-state index contributed by atoms with van der Waals surface area (Å²) in [6, 6.07) is 26.7. The van der Waals surface area contributed by atoms with Crippen LogP contribution in [0.3, 0.4) is 0 Å². The van der Waals surface area contributed by atoms with E-state index < -0.39 is 21.3 Å². The Hall–Kier alpha value is -2.05. The van der Waals surface area contributed by atoms with Crippen LogP contribution in [0.25, 0.3) is 21.9 Å². The third kappa shape index (κ3) is 7.28. The van der Waals surface area contributed by atoms with Gasteiger partial charge in [-0.25, -0.2) is 0 Å². The summed E-state index contributed by atoms with van der Waals surface area (Å²) in [4.78, 5) is 0. The van der Waals surface area contributed by atoms with Gasteiger partial charge in [0.1, 0.15) is 0 Å². The molecule has 3 aliphatic rings. The van der Waals surface area contributed by atoms with E-state index in [9.17, 15) is 0 Å². The van der Waals surface area contributed by atoms with E-state index in [-0.39, 0.29) is 35.6 Å². The molecule has 1 atom stereocenters. The number of allylic oxidation sites excluding steroid dienone is 4. The topological polar surface area (TPSA) is 0 Å². The largest absolute Gasteiger partial charge is 1.00 e. The summed E-state index contributed by atoms with van der Waals surface area (Å²) in [6.07, 6.45) is 12.3. The quantitative estimate of drug-likeness (QED) is 0.202. The molecule has 0 bridgehead atoms. The number of rotatable bonds is 4. The van der Waals surface area contributed by atoms with Gasteiger partial charge in [0.25, 0.3) is 0 Å². The molecular formula is C48H58Cl2Zr. The first-order valence-electron chi connectivity index (χ1n) is 19.0. The summed E-state index contributed by atoms with van der Waals surface area (Å²) in [5.41, 5.74) is 15.7. The van der Waals surface area contributed by atoms with Gasteiger partial charge >= 0.3 is 307 Å². The van der Waals surface area contributed by atoms with Crippen molar-refractivity contribution in [2.24, 2.45) is 11.3 Å². The summed E-state index contributed by atoms with van der Waals surface area (Å²) >= 11 is -2.69. The number of aryl methyl sites for hydroxylation is 2. The van der Waals surface area contributed by atoms with Crippen LogP contribution in [0.1, 0.15) is 137 Å². The van der Waals surface area contributed by atoms with Gasteiger partial charge in [0, 0.05) is 0 Å². The second-order valence-electron chi connectivity index (χ2n) is 18.2. The molecule has 0 heterocycles. The van der Waals surface area contributed by atoms with Crippen LogP contribution in [0.5, 0.6) is 0 Å². The van der Waals surface area contributed by atoms with E-state index in [0.29, 0.717) is 15.0 Å². The smallest absolute Gasteiger partial charge is 1.00 e. The van der Waals surface area contributed by atoms with E-state index in [1.807, 2.05) is 0 Å². The monoisotopic (exact) mass is 794 g/mol. The SMILES string of the molecule is C/[C](c1ccc2ccccc2c1)=[Zr+2](/[C]1=CC(C2(C)CCCCC2)=CC1C)[CH]1c2cc(C)c(C(C)(C)C)cc2-c2cc(C(C)(C)C)c(C)cc21.[Cl-].[Cl-]. The molecule has 4 aromatic carbocycles. The molecule has 0 aliphatic heterocycles. The Labute approximate surface area is 329 Å². The zero-order valence-electron chi connectivity index (χ0n) is 33.0. The predicted octanol–water partition coefficient (Wildman–Crippen LogP) is 7.42. The molecule has 268 valence electrons. The molecule has 4 aromatic rings. The number of benzene rings is 4. The van der Waals surface area contributed by atoms with Crippen LogP contribution in [0, 0.1) is 25.2 Å². The predicted molar refractivity (Wildman–Crippen MR) is 211 cm³/mol. The Morgan fingerprint density at radius 3 is 1.76 bits per heavy atom. The molecule has 3 heteroatoms. The van der Waals surface area contributed by atoms with E-state index in [1.165, 1.54) is 81.8 Å². The summed E-state index contributed by atoms with van der Waals surface area (Å²) in [5.74, 6) is 0.496. The summed E-state index contributed by atoms with van der Waals surface area (Å²) < 4.78 is 3.95. The molecule has 0 aromatic heterocycles. The van der Waals surface area contributed by atoms with Crippen molar-refractivity contribution >= 4 is 14.0 Å². The van der Waals surface area contributed by atoms with Crippen LogP contribution in [0.2, 0.25) is 0 Å². The fraction of sp³-hybridized carbons (Fsp3) is 0.438. The van der Waals surface area contributed by atoms with Crippen LogP contribution in [-0.2, 0) is 32.1 Å². The minimum atomic E-state index is -2.69. The maximum atomic E-state index is 2.78. The van der Waals surface area contributed by atoms with E-state index in [0.717, 1.165) is 0 Å². The Balaban J connectivity index is 0.00000252. The van der Waals surface area contributed by atoms with Gasteiger partial charge in [-0.15, -0.1) is 0 Å². The van der Waals surface area contributed by atoms with E-state index in [4.69, 9.17) is 0 Å². The Morgan fingerprint density at radius 1 is 0.706 bits per heavy atom. The third-order valence-corrected chi connectivity index (χ3v) is 21.0. The van der Waals surface area contributed by atoms with Gasteiger partial charge in [0.15, 0.2) is 0 Å². The molecule has 0 spiro atoms. The van der Waals surface area contributed by atoms with Crippen molar-refractivity contribution in [1.29, 1.82) is 0 Å². The zero-order chi connectivity index (χ0) is 35.0. The number of hydrogen-bond acceptors (Lipinski definition) is 0. The fourth-order valence-electron chi connectivity index (χ4n) is 9.70. The molecule has 3 aliphatic carbocycles. The molecule has 0 amide bonds. The molecule has 7 rings (SSSR count). The molecule has 1 saturated carbocycles. The Kier molecular flexibility index (Phi) is 11.5. The van der Waals surface area contributed by atoms with Crippen molar-refractivity contribution in [2.75, 3.05) is 0 Å². The average Bonchev–Trinajstić information content (AvgIpc) is 3.57. The molecule has 1 fully saturated rings. The number of fused-ring (bicyclic) bond motifs is 4. The minimum absolute atomic E-state index is 0. The maximum Gasteiger partial charge on any atom is -1.00 e. The molecule has 0 saturated heterocycles. The first-order chi connectivity index (χ1) is 23.1. The maximum absolute atomic E-state index is 2.78. The summed E-state index contributed by atoms with van der Waals surface area (Å²) in [7, 11) is 0. The van der Waals surface area contributed by atoms with Gasteiger partial charge < -0.3 is 24.8 Å². The third-order valence-electron chi connectivity index (χ3n) is 12.4. The first kappa shape index (κ1) is 40.1. The van der Waals surface area contributed by atoms with Gasteiger partial charge in [-0.3, -0.25) is 0 Å². The van der Waals surface area contributed by atoms with E-state index in [2.05, 4.69) is 155 Å². The molecule has 0 radical (unpaired) electrons. The van der Waals surface area contributed by atoms with Crippen LogP contribution < -0.4 is 24.8 Å². The van der Waals surface area contributed by atoms with Gasteiger partial charge in [0.2, 0.25) is 0 Å². The number of halogens is 2. The van der Waals surface area contributed by atoms with Crippen molar-refractivity contribution < 1.29 is 46.1 Å². The van der Waals surface area contributed by atoms with Crippen molar-refractivity contribution in [3.05, 3.63) is 127 Å². The number of hydrogen-bond donors (Lipinski definition) is 0. The van der Waals surface area contributed by atoms with Gasteiger partial charge in [-0.1, -0.05) is 0 Å². The van der Waals surface area contributed by atoms with E-state index >= 15 is 0 Å². The van der Waals surface area contributed by atoms with E-state index in [1.54, 1.807) is 23.2 Å².